The molecule has 122 valence electrons. The van der Waals surface area contributed by atoms with Crippen molar-refractivity contribution >= 4 is 11.7 Å². The Morgan fingerprint density at radius 1 is 1.12 bits per heavy atom. The monoisotopic (exact) mass is 322 g/mol. The minimum Gasteiger partial charge on any atom is -0.481 e. The van der Waals surface area contributed by atoms with E-state index < -0.39 is 0 Å². The lowest BCUT2D eigenvalue weighted by Crippen LogP contribution is -2.50. The summed E-state index contributed by atoms with van der Waals surface area (Å²) in [6.07, 6.45) is 7.08. The second-order valence-electron chi connectivity index (χ2n) is 5.54. The lowest BCUT2D eigenvalue weighted by atomic mass is 10.1. The molecule has 1 fully saturated rings. The van der Waals surface area contributed by atoms with E-state index in [1.807, 2.05) is 29.3 Å². The van der Waals surface area contributed by atoms with E-state index in [-0.39, 0.29) is 12.5 Å². The molecule has 0 spiro atoms. The Bertz CT molecular complexity index is 715. The Balaban J connectivity index is 1.58. The lowest BCUT2D eigenvalue weighted by Gasteiger charge is -2.31. The molecule has 0 saturated carbocycles. The van der Waals surface area contributed by atoms with E-state index in [4.69, 9.17) is 11.2 Å². The summed E-state index contributed by atoms with van der Waals surface area (Å²) < 4.78 is 5.33. The van der Waals surface area contributed by atoms with Crippen LogP contribution in [0.5, 0.6) is 5.75 Å². The van der Waals surface area contributed by atoms with Gasteiger partial charge < -0.3 is 9.64 Å². The van der Waals surface area contributed by atoms with Crippen LogP contribution in [0.25, 0.3) is 0 Å². The maximum absolute atomic E-state index is 12.6. The molecule has 1 aliphatic heterocycles. The van der Waals surface area contributed by atoms with Gasteiger partial charge in [-0.3, -0.25) is 9.69 Å². The zero-order valence-electron chi connectivity index (χ0n) is 13.4. The number of hydrogen-bond acceptors (Lipinski definition) is 3. The predicted octanol–water partition coefficient (Wildman–Crippen LogP) is 1.48. The Labute approximate surface area is 141 Å². The highest BCUT2D eigenvalue weighted by atomic mass is 16.5. The summed E-state index contributed by atoms with van der Waals surface area (Å²) in [5, 5.41) is 0. The number of benzene rings is 1. The lowest BCUT2D eigenvalue weighted by molar-refractivity contribution is -0.364. The average Bonchev–Trinajstić information content (AvgIpc) is 2.67. The fraction of sp³-hybridized carbons (Fsp3) is 0.263. The molecule has 1 N–H and O–H groups in total. The normalized spacial score (nSPS) is 14.1. The van der Waals surface area contributed by atoms with Gasteiger partial charge in [-0.1, -0.05) is 12.0 Å². The first-order valence-electron chi connectivity index (χ1n) is 7.95. The molecule has 1 aliphatic rings. The highest BCUT2D eigenvalue weighted by Crippen LogP contribution is 2.16. The van der Waals surface area contributed by atoms with Gasteiger partial charge in [-0.15, -0.1) is 6.42 Å². The number of ether oxygens (including phenoxy) is 1. The van der Waals surface area contributed by atoms with E-state index in [9.17, 15) is 4.79 Å². The quantitative estimate of drug-likeness (QED) is 0.801. The second-order valence-corrected chi connectivity index (χ2v) is 5.54. The van der Waals surface area contributed by atoms with Gasteiger partial charge >= 0.3 is 0 Å². The molecule has 1 aromatic carbocycles. The number of aromatic nitrogens is 1. The maximum atomic E-state index is 12.6. The molecular formula is C19H20N3O2+. The summed E-state index contributed by atoms with van der Waals surface area (Å²) in [5.41, 5.74) is 0.669. The van der Waals surface area contributed by atoms with Crippen molar-refractivity contribution < 1.29 is 14.5 Å². The van der Waals surface area contributed by atoms with Gasteiger partial charge in [0.25, 0.3) is 11.7 Å². The fourth-order valence-electron chi connectivity index (χ4n) is 2.73. The third-order valence-electron chi connectivity index (χ3n) is 4.02. The van der Waals surface area contributed by atoms with Crippen LogP contribution >= 0.6 is 0 Å². The Kier molecular flexibility index (Phi) is 4.97. The standard InChI is InChI=1S/C19H19N3O2/c1-2-15-24-17-8-6-16(7-9-17)19(23)22-13-11-21(12-14-22)18-5-3-4-10-20-18/h1,3-10H,11-15H2/p+1. The third kappa shape index (κ3) is 3.66. The molecule has 24 heavy (non-hydrogen) atoms. The molecular weight excluding hydrogens is 302 g/mol. The van der Waals surface area contributed by atoms with E-state index in [2.05, 4.69) is 15.8 Å². The highest BCUT2D eigenvalue weighted by Gasteiger charge is 2.26. The van der Waals surface area contributed by atoms with Crippen LogP contribution in [0.4, 0.5) is 5.82 Å². The van der Waals surface area contributed by atoms with Gasteiger partial charge in [0, 0.05) is 11.6 Å². The Morgan fingerprint density at radius 2 is 1.88 bits per heavy atom. The van der Waals surface area contributed by atoms with Crippen molar-refractivity contribution in [2.24, 2.45) is 0 Å². The molecule has 5 nitrogen and oxygen atoms in total. The van der Waals surface area contributed by atoms with E-state index in [1.165, 1.54) is 0 Å². The van der Waals surface area contributed by atoms with Crippen molar-refractivity contribution in [1.29, 1.82) is 0 Å². The Hall–Kier alpha value is -3.00. The minimum absolute atomic E-state index is 0.0511. The summed E-state index contributed by atoms with van der Waals surface area (Å²) in [6.45, 7) is 3.27. The van der Waals surface area contributed by atoms with Crippen LogP contribution in [0.2, 0.25) is 0 Å². The van der Waals surface area contributed by atoms with Gasteiger partial charge in [0.05, 0.1) is 19.3 Å². The zero-order valence-corrected chi connectivity index (χ0v) is 13.4. The largest absolute Gasteiger partial charge is 0.481 e. The summed E-state index contributed by atoms with van der Waals surface area (Å²) >= 11 is 0. The molecule has 1 aromatic heterocycles. The van der Waals surface area contributed by atoms with Crippen LogP contribution in [0.3, 0.4) is 0 Å². The van der Waals surface area contributed by atoms with E-state index in [0.29, 0.717) is 24.4 Å². The van der Waals surface area contributed by atoms with Crippen molar-refractivity contribution in [3.05, 3.63) is 54.2 Å². The number of terminal acetylenes is 1. The second kappa shape index (κ2) is 7.51. The number of rotatable bonds is 4. The van der Waals surface area contributed by atoms with Crippen LogP contribution in [-0.4, -0.2) is 43.6 Å². The number of pyridine rings is 1. The summed E-state index contributed by atoms with van der Waals surface area (Å²) in [6, 6.07) is 13.1. The zero-order chi connectivity index (χ0) is 16.8. The molecule has 0 bridgehead atoms. The van der Waals surface area contributed by atoms with Gasteiger partial charge in [-0.2, -0.15) is 0 Å². The number of aromatic amines is 1. The van der Waals surface area contributed by atoms with E-state index >= 15 is 0 Å². The molecule has 2 heterocycles. The van der Waals surface area contributed by atoms with E-state index in [1.54, 1.807) is 24.3 Å². The highest BCUT2D eigenvalue weighted by molar-refractivity contribution is 5.94. The van der Waals surface area contributed by atoms with Crippen LogP contribution in [0.15, 0.2) is 48.7 Å². The summed E-state index contributed by atoms with van der Waals surface area (Å²) in [4.78, 5) is 20.0. The SMILES string of the molecule is C#CCOc1ccc(C(=O)N2CCN(c3cccc[nH+]3)CC2)cc1. The van der Waals surface area contributed by atoms with Crippen LogP contribution in [-0.2, 0) is 0 Å². The number of nitrogens with zero attached hydrogens (tertiary/aromatic N) is 2. The summed E-state index contributed by atoms with van der Waals surface area (Å²) in [5.74, 6) is 4.23. The number of anilines is 1. The summed E-state index contributed by atoms with van der Waals surface area (Å²) in [7, 11) is 0. The smallest absolute Gasteiger partial charge is 0.274 e. The first-order valence-corrected chi connectivity index (χ1v) is 7.95. The molecule has 1 saturated heterocycles. The van der Waals surface area contributed by atoms with Gasteiger partial charge in [-0.05, 0) is 30.3 Å². The number of H-pyrrole nitrogens is 1. The third-order valence-corrected chi connectivity index (χ3v) is 4.02. The molecule has 0 unspecified atom stereocenters. The first kappa shape index (κ1) is 15.9. The van der Waals surface area contributed by atoms with Gasteiger partial charge in [0.15, 0.2) is 0 Å². The maximum Gasteiger partial charge on any atom is 0.274 e. The van der Waals surface area contributed by atoms with Crippen LogP contribution in [0.1, 0.15) is 10.4 Å². The van der Waals surface area contributed by atoms with Crippen molar-refractivity contribution in [2.75, 3.05) is 37.7 Å². The molecule has 1 amide bonds. The number of nitrogens with one attached hydrogen (secondary N) is 1. The van der Waals surface area contributed by atoms with Crippen molar-refractivity contribution in [2.45, 2.75) is 0 Å². The number of carbonyl (C=O) groups excluding carboxylic acids is 1. The molecule has 5 heteroatoms. The van der Waals surface area contributed by atoms with Gasteiger partial charge in [0.2, 0.25) is 0 Å². The number of carbonyl (C=O) groups is 1. The number of piperazine rings is 1. The first-order chi connectivity index (χ1) is 11.8. The number of hydrogen-bond donors (Lipinski definition) is 0. The molecule has 0 aliphatic carbocycles. The molecule has 0 radical (unpaired) electrons. The van der Waals surface area contributed by atoms with E-state index in [0.717, 1.165) is 18.9 Å². The van der Waals surface area contributed by atoms with Gasteiger partial charge in [0.1, 0.15) is 25.4 Å². The number of amides is 1. The van der Waals surface area contributed by atoms with Crippen molar-refractivity contribution in [3.8, 4) is 18.1 Å². The fourth-order valence-corrected chi connectivity index (χ4v) is 2.73. The molecule has 3 rings (SSSR count). The van der Waals surface area contributed by atoms with Crippen LogP contribution in [0, 0.1) is 12.3 Å². The van der Waals surface area contributed by atoms with Gasteiger partial charge in [-0.25, -0.2) is 4.98 Å². The van der Waals surface area contributed by atoms with Crippen molar-refractivity contribution in [1.82, 2.24) is 4.90 Å². The molecule has 2 aromatic rings. The average molecular weight is 322 g/mol. The topological polar surface area (TPSA) is 46.9 Å². The predicted molar refractivity (Wildman–Crippen MR) is 91.9 cm³/mol. The minimum atomic E-state index is 0.0511. The Morgan fingerprint density at radius 3 is 2.50 bits per heavy atom. The van der Waals surface area contributed by atoms with Crippen molar-refractivity contribution in [3.63, 3.8) is 0 Å². The molecule has 0 atom stereocenters. The van der Waals surface area contributed by atoms with Crippen LogP contribution < -0.4 is 14.6 Å².